The minimum atomic E-state index is 0.577. The third-order valence-electron chi connectivity index (χ3n) is 1.77. The van der Waals surface area contributed by atoms with E-state index >= 15 is 0 Å². The molecule has 0 saturated heterocycles. The number of pyridine rings is 2. The molecule has 2 N–H and O–H groups in total. The van der Waals surface area contributed by atoms with Crippen molar-refractivity contribution in [3.63, 3.8) is 0 Å². The van der Waals surface area contributed by atoms with Gasteiger partial charge in [0.1, 0.15) is 0 Å². The molecule has 0 aromatic carbocycles. The van der Waals surface area contributed by atoms with Gasteiger partial charge in [-0.05, 0) is 30.7 Å². The van der Waals surface area contributed by atoms with Crippen LogP contribution in [0.5, 0.6) is 0 Å². The van der Waals surface area contributed by atoms with E-state index in [2.05, 4.69) is 9.97 Å². The lowest BCUT2D eigenvalue weighted by Crippen LogP contribution is -1.95. The summed E-state index contributed by atoms with van der Waals surface area (Å²) in [5, 5.41) is 0. The summed E-state index contributed by atoms with van der Waals surface area (Å²) in [6, 6.07) is 9.69. The number of hydrogen-bond acceptors (Lipinski definition) is 3. The molecule has 2 aromatic rings. The maximum absolute atomic E-state index is 5.31. The summed E-state index contributed by atoms with van der Waals surface area (Å²) in [7, 11) is 0. The SMILES string of the molecule is Cc1ccccn1.NCc1cccnc1. The third-order valence-corrected chi connectivity index (χ3v) is 1.77. The van der Waals surface area contributed by atoms with Crippen LogP contribution in [0.3, 0.4) is 0 Å². The Morgan fingerprint density at radius 2 is 2.00 bits per heavy atom. The second-order valence-corrected chi connectivity index (χ2v) is 3.04. The van der Waals surface area contributed by atoms with Crippen LogP contribution >= 0.6 is 0 Å². The molecule has 0 amide bonds. The highest BCUT2D eigenvalue weighted by Crippen LogP contribution is 1.90. The molecule has 3 nitrogen and oxygen atoms in total. The summed E-state index contributed by atoms with van der Waals surface area (Å²) in [6.45, 7) is 2.55. The molecule has 2 heterocycles. The highest BCUT2D eigenvalue weighted by atomic mass is 14.6. The zero-order valence-corrected chi connectivity index (χ0v) is 8.80. The summed E-state index contributed by atoms with van der Waals surface area (Å²) < 4.78 is 0. The van der Waals surface area contributed by atoms with E-state index in [1.54, 1.807) is 18.6 Å². The topological polar surface area (TPSA) is 51.8 Å². The summed E-state index contributed by atoms with van der Waals surface area (Å²) in [5.41, 5.74) is 7.46. The number of aromatic nitrogens is 2. The van der Waals surface area contributed by atoms with Crippen molar-refractivity contribution in [2.24, 2.45) is 5.73 Å². The fourth-order valence-electron chi connectivity index (χ4n) is 0.967. The zero-order chi connectivity index (χ0) is 10.9. The maximum atomic E-state index is 5.31. The molecule has 0 radical (unpaired) electrons. The Labute approximate surface area is 90.0 Å². The van der Waals surface area contributed by atoms with Crippen molar-refractivity contribution in [2.45, 2.75) is 13.5 Å². The maximum Gasteiger partial charge on any atom is 0.0372 e. The van der Waals surface area contributed by atoms with Crippen LogP contribution in [-0.4, -0.2) is 9.97 Å². The first kappa shape index (κ1) is 11.3. The van der Waals surface area contributed by atoms with E-state index in [0.717, 1.165) is 11.3 Å². The minimum absolute atomic E-state index is 0.577. The number of nitrogens with two attached hydrogens (primary N) is 1. The molecule has 0 saturated carbocycles. The highest BCUT2D eigenvalue weighted by Gasteiger charge is 1.81. The van der Waals surface area contributed by atoms with Gasteiger partial charge >= 0.3 is 0 Å². The molecule has 2 rings (SSSR count). The molecule has 0 atom stereocenters. The first-order valence-electron chi connectivity index (χ1n) is 4.79. The van der Waals surface area contributed by atoms with Gasteiger partial charge in [0.15, 0.2) is 0 Å². The second kappa shape index (κ2) is 6.68. The first-order chi connectivity index (χ1) is 7.33. The van der Waals surface area contributed by atoms with Crippen LogP contribution in [0.1, 0.15) is 11.3 Å². The molecule has 0 fully saturated rings. The van der Waals surface area contributed by atoms with Gasteiger partial charge in [0.2, 0.25) is 0 Å². The Morgan fingerprint density at radius 1 is 1.13 bits per heavy atom. The van der Waals surface area contributed by atoms with Crippen LogP contribution in [0.25, 0.3) is 0 Å². The summed E-state index contributed by atoms with van der Waals surface area (Å²) in [6.07, 6.45) is 5.29. The monoisotopic (exact) mass is 201 g/mol. The molecular weight excluding hydrogens is 186 g/mol. The number of hydrogen-bond donors (Lipinski definition) is 1. The highest BCUT2D eigenvalue weighted by molar-refractivity contribution is 5.07. The lowest BCUT2D eigenvalue weighted by Gasteiger charge is -1.89. The van der Waals surface area contributed by atoms with Crippen LogP contribution in [0.4, 0.5) is 0 Å². The molecule has 15 heavy (non-hydrogen) atoms. The summed E-state index contributed by atoms with van der Waals surface area (Å²) >= 11 is 0. The van der Waals surface area contributed by atoms with E-state index < -0.39 is 0 Å². The quantitative estimate of drug-likeness (QED) is 0.767. The summed E-state index contributed by atoms with van der Waals surface area (Å²) in [5.74, 6) is 0. The molecule has 0 aliphatic carbocycles. The smallest absolute Gasteiger partial charge is 0.0372 e. The molecule has 3 heteroatoms. The van der Waals surface area contributed by atoms with Gasteiger partial charge in [0.05, 0.1) is 0 Å². The first-order valence-corrected chi connectivity index (χ1v) is 4.79. The molecule has 0 unspecified atom stereocenters. The number of aryl methyl sites for hydroxylation is 1. The van der Waals surface area contributed by atoms with E-state index in [0.29, 0.717) is 6.54 Å². The molecular formula is C12H15N3. The van der Waals surface area contributed by atoms with E-state index in [9.17, 15) is 0 Å². The van der Waals surface area contributed by atoms with Gasteiger partial charge < -0.3 is 5.73 Å². The predicted molar refractivity (Wildman–Crippen MR) is 61.1 cm³/mol. The van der Waals surface area contributed by atoms with E-state index in [1.807, 2.05) is 37.3 Å². The van der Waals surface area contributed by atoms with E-state index in [1.165, 1.54) is 0 Å². The Balaban J connectivity index is 0.000000151. The zero-order valence-electron chi connectivity index (χ0n) is 8.80. The van der Waals surface area contributed by atoms with Crippen LogP contribution < -0.4 is 5.73 Å². The normalized spacial score (nSPS) is 8.93. The van der Waals surface area contributed by atoms with Gasteiger partial charge in [-0.1, -0.05) is 12.1 Å². The number of nitrogens with zero attached hydrogens (tertiary/aromatic N) is 2. The van der Waals surface area contributed by atoms with E-state index in [-0.39, 0.29) is 0 Å². The van der Waals surface area contributed by atoms with Crippen molar-refractivity contribution in [3.8, 4) is 0 Å². The minimum Gasteiger partial charge on any atom is -0.326 e. The van der Waals surface area contributed by atoms with Gasteiger partial charge in [-0.2, -0.15) is 0 Å². The standard InChI is InChI=1S/C6H8N2.C6H7N/c7-4-6-2-1-3-8-5-6;1-6-4-2-3-5-7-6/h1-3,5H,4,7H2;2-5H,1H3. The van der Waals surface area contributed by atoms with Gasteiger partial charge in [0.25, 0.3) is 0 Å². The van der Waals surface area contributed by atoms with Gasteiger partial charge in [0, 0.05) is 30.8 Å². The average molecular weight is 201 g/mol. The largest absolute Gasteiger partial charge is 0.326 e. The van der Waals surface area contributed by atoms with Crippen LogP contribution in [-0.2, 0) is 6.54 Å². The predicted octanol–water partition coefficient (Wildman–Crippen LogP) is 1.93. The fourth-order valence-corrected chi connectivity index (χ4v) is 0.967. The lowest BCUT2D eigenvalue weighted by molar-refractivity contribution is 1.05. The fraction of sp³-hybridized carbons (Fsp3) is 0.167. The second-order valence-electron chi connectivity index (χ2n) is 3.04. The van der Waals surface area contributed by atoms with Crippen molar-refractivity contribution < 1.29 is 0 Å². The third kappa shape index (κ3) is 4.88. The van der Waals surface area contributed by atoms with Gasteiger partial charge in [-0.15, -0.1) is 0 Å². The molecule has 0 aliphatic heterocycles. The Kier molecular flexibility index (Phi) is 5.04. The van der Waals surface area contributed by atoms with Crippen molar-refractivity contribution >= 4 is 0 Å². The van der Waals surface area contributed by atoms with E-state index in [4.69, 9.17) is 5.73 Å². The summed E-state index contributed by atoms with van der Waals surface area (Å²) in [4.78, 5) is 7.85. The van der Waals surface area contributed by atoms with Crippen molar-refractivity contribution in [1.82, 2.24) is 9.97 Å². The number of rotatable bonds is 1. The lowest BCUT2D eigenvalue weighted by atomic mass is 10.3. The molecule has 0 bridgehead atoms. The molecule has 78 valence electrons. The average Bonchev–Trinajstić information content (AvgIpc) is 2.32. The van der Waals surface area contributed by atoms with Crippen LogP contribution in [0, 0.1) is 6.92 Å². The van der Waals surface area contributed by atoms with Crippen molar-refractivity contribution in [1.29, 1.82) is 0 Å². The van der Waals surface area contributed by atoms with Crippen LogP contribution in [0.15, 0.2) is 48.9 Å². The Hall–Kier alpha value is -1.74. The Morgan fingerprint density at radius 3 is 2.33 bits per heavy atom. The molecule has 0 spiro atoms. The Bertz CT molecular complexity index is 359. The van der Waals surface area contributed by atoms with Crippen LogP contribution in [0.2, 0.25) is 0 Å². The van der Waals surface area contributed by atoms with Gasteiger partial charge in [-0.3, -0.25) is 9.97 Å². The van der Waals surface area contributed by atoms with Crippen molar-refractivity contribution in [3.05, 3.63) is 60.2 Å². The van der Waals surface area contributed by atoms with Crippen molar-refractivity contribution in [2.75, 3.05) is 0 Å². The molecule has 2 aromatic heterocycles. The molecule has 0 aliphatic rings. The van der Waals surface area contributed by atoms with Gasteiger partial charge in [-0.25, -0.2) is 0 Å².